The predicted octanol–water partition coefficient (Wildman–Crippen LogP) is 3.63. The first-order chi connectivity index (χ1) is 11.5. The molecular weight excluding hydrogens is 302 g/mol. The molecule has 1 saturated carbocycles. The lowest BCUT2D eigenvalue weighted by atomic mass is 9.86. The highest BCUT2D eigenvalue weighted by molar-refractivity contribution is 5.81. The lowest BCUT2D eigenvalue weighted by Gasteiger charge is -2.29. The Kier molecular flexibility index (Phi) is 7.10. The minimum atomic E-state index is -0.458. The quantitative estimate of drug-likeness (QED) is 0.801. The molecule has 0 saturated heterocycles. The maximum atomic E-state index is 12.6. The Morgan fingerprint density at radius 1 is 1.25 bits per heavy atom. The van der Waals surface area contributed by atoms with Gasteiger partial charge in [-0.15, -0.1) is 0 Å². The summed E-state index contributed by atoms with van der Waals surface area (Å²) in [6.07, 6.45) is 4.03. The van der Waals surface area contributed by atoms with Crippen molar-refractivity contribution in [3.63, 3.8) is 0 Å². The van der Waals surface area contributed by atoms with Crippen molar-refractivity contribution in [2.45, 2.75) is 70.9 Å². The van der Waals surface area contributed by atoms with Gasteiger partial charge in [-0.2, -0.15) is 0 Å². The van der Waals surface area contributed by atoms with E-state index in [1.54, 1.807) is 0 Å². The third kappa shape index (κ3) is 4.97. The summed E-state index contributed by atoms with van der Waals surface area (Å²) in [4.78, 5) is 12.6. The number of carbonyl (C=O) groups is 1. The second-order valence-electron chi connectivity index (χ2n) is 7.12. The van der Waals surface area contributed by atoms with Crippen LogP contribution < -0.4 is 10.1 Å². The van der Waals surface area contributed by atoms with Gasteiger partial charge in [0, 0.05) is 12.6 Å². The van der Waals surface area contributed by atoms with Crippen LogP contribution >= 0.6 is 0 Å². The average molecular weight is 333 g/mol. The monoisotopic (exact) mass is 333 g/mol. The number of nitrogens with one attached hydrogen (secondary N) is 1. The number of aliphatic hydroxyl groups excluding tert-OH is 1. The zero-order valence-corrected chi connectivity index (χ0v) is 15.1. The SMILES string of the molecule is CCC(Oc1ccccc1C(C)C)C(=O)NC1CCC(CO)CC1. The number of benzene rings is 1. The Labute approximate surface area is 145 Å². The van der Waals surface area contributed by atoms with E-state index >= 15 is 0 Å². The molecule has 1 fully saturated rings. The summed E-state index contributed by atoms with van der Waals surface area (Å²) in [7, 11) is 0. The zero-order chi connectivity index (χ0) is 17.5. The van der Waals surface area contributed by atoms with E-state index in [0.717, 1.165) is 37.0 Å². The number of hydrogen-bond acceptors (Lipinski definition) is 3. The number of aliphatic hydroxyl groups is 1. The third-order valence-corrected chi connectivity index (χ3v) is 4.92. The average Bonchev–Trinajstić information content (AvgIpc) is 2.60. The van der Waals surface area contributed by atoms with Crippen LogP contribution in [0.4, 0.5) is 0 Å². The Bertz CT molecular complexity index is 521. The van der Waals surface area contributed by atoms with Gasteiger partial charge in [0.2, 0.25) is 0 Å². The summed E-state index contributed by atoms with van der Waals surface area (Å²) in [6, 6.07) is 8.15. The van der Waals surface area contributed by atoms with E-state index < -0.39 is 6.10 Å². The summed E-state index contributed by atoms with van der Waals surface area (Å²) in [5.74, 6) is 1.53. The maximum absolute atomic E-state index is 12.6. The van der Waals surface area contributed by atoms with Crippen LogP contribution in [0, 0.1) is 5.92 Å². The van der Waals surface area contributed by atoms with E-state index in [4.69, 9.17) is 4.74 Å². The molecule has 0 heterocycles. The molecule has 4 nitrogen and oxygen atoms in total. The topological polar surface area (TPSA) is 58.6 Å². The van der Waals surface area contributed by atoms with Gasteiger partial charge in [0.15, 0.2) is 6.10 Å². The second kappa shape index (κ2) is 9.07. The number of amides is 1. The second-order valence-corrected chi connectivity index (χ2v) is 7.12. The summed E-state index contributed by atoms with van der Waals surface area (Å²) in [5.41, 5.74) is 1.13. The van der Waals surface area contributed by atoms with Crippen molar-refractivity contribution in [3.8, 4) is 5.75 Å². The van der Waals surface area contributed by atoms with Crippen LogP contribution in [0.2, 0.25) is 0 Å². The van der Waals surface area contributed by atoms with Gasteiger partial charge in [-0.1, -0.05) is 39.0 Å². The number of carbonyl (C=O) groups excluding carboxylic acids is 1. The van der Waals surface area contributed by atoms with Crippen LogP contribution in [0.3, 0.4) is 0 Å². The first-order valence-electron chi connectivity index (χ1n) is 9.21. The van der Waals surface area contributed by atoms with Gasteiger partial charge in [-0.05, 0) is 55.6 Å². The molecule has 1 aliphatic rings. The molecule has 1 unspecified atom stereocenters. The van der Waals surface area contributed by atoms with Crippen molar-refractivity contribution in [2.75, 3.05) is 6.61 Å². The van der Waals surface area contributed by atoms with Crippen LogP contribution in [-0.4, -0.2) is 29.8 Å². The number of para-hydroxylation sites is 1. The van der Waals surface area contributed by atoms with Crippen molar-refractivity contribution in [1.82, 2.24) is 5.32 Å². The minimum Gasteiger partial charge on any atom is -0.480 e. The number of rotatable bonds is 7. The van der Waals surface area contributed by atoms with Gasteiger partial charge in [-0.3, -0.25) is 4.79 Å². The summed E-state index contributed by atoms with van der Waals surface area (Å²) >= 11 is 0. The van der Waals surface area contributed by atoms with Crippen molar-refractivity contribution in [3.05, 3.63) is 29.8 Å². The molecule has 0 aliphatic heterocycles. The molecule has 134 valence electrons. The molecule has 1 atom stereocenters. The fourth-order valence-corrected chi connectivity index (χ4v) is 3.32. The van der Waals surface area contributed by atoms with Crippen LogP contribution in [0.5, 0.6) is 5.75 Å². The standard InChI is InChI=1S/C20H31NO3/c1-4-18(24-19-8-6-5-7-17(19)14(2)3)20(23)21-16-11-9-15(13-22)10-12-16/h5-8,14-16,18,22H,4,9-13H2,1-3H3,(H,21,23). The fraction of sp³-hybridized carbons (Fsp3) is 0.650. The van der Waals surface area contributed by atoms with E-state index in [-0.39, 0.29) is 18.6 Å². The third-order valence-electron chi connectivity index (χ3n) is 4.92. The molecule has 1 aromatic carbocycles. The molecule has 0 aromatic heterocycles. The molecule has 1 aromatic rings. The smallest absolute Gasteiger partial charge is 0.261 e. The zero-order valence-electron chi connectivity index (χ0n) is 15.1. The molecule has 0 radical (unpaired) electrons. The van der Waals surface area contributed by atoms with Crippen LogP contribution in [-0.2, 0) is 4.79 Å². The predicted molar refractivity (Wildman–Crippen MR) is 96.2 cm³/mol. The van der Waals surface area contributed by atoms with Gasteiger partial charge >= 0.3 is 0 Å². The van der Waals surface area contributed by atoms with E-state index in [0.29, 0.717) is 18.3 Å². The highest BCUT2D eigenvalue weighted by Gasteiger charge is 2.26. The Morgan fingerprint density at radius 2 is 1.92 bits per heavy atom. The van der Waals surface area contributed by atoms with Crippen molar-refractivity contribution in [2.24, 2.45) is 5.92 Å². The van der Waals surface area contributed by atoms with Gasteiger partial charge in [-0.25, -0.2) is 0 Å². The molecule has 1 aliphatic carbocycles. The lowest BCUT2D eigenvalue weighted by Crippen LogP contribution is -2.45. The Hall–Kier alpha value is -1.55. The van der Waals surface area contributed by atoms with Gasteiger partial charge < -0.3 is 15.2 Å². The molecule has 0 bridgehead atoms. The number of ether oxygens (including phenoxy) is 1. The molecular formula is C20H31NO3. The van der Waals surface area contributed by atoms with Crippen molar-refractivity contribution < 1.29 is 14.6 Å². The van der Waals surface area contributed by atoms with E-state index in [1.165, 1.54) is 0 Å². The van der Waals surface area contributed by atoms with Crippen LogP contribution in [0.15, 0.2) is 24.3 Å². The first kappa shape index (κ1) is 18.8. The molecule has 24 heavy (non-hydrogen) atoms. The molecule has 2 rings (SSSR count). The Morgan fingerprint density at radius 3 is 2.50 bits per heavy atom. The molecule has 0 spiro atoms. The van der Waals surface area contributed by atoms with E-state index in [1.807, 2.05) is 25.1 Å². The Balaban J connectivity index is 1.95. The normalized spacial score (nSPS) is 22.2. The van der Waals surface area contributed by atoms with Crippen molar-refractivity contribution in [1.29, 1.82) is 0 Å². The number of hydrogen-bond donors (Lipinski definition) is 2. The minimum absolute atomic E-state index is 0.0245. The summed E-state index contributed by atoms with van der Waals surface area (Å²) in [6.45, 7) is 6.49. The van der Waals surface area contributed by atoms with Gasteiger partial charge in [0.1, 0.15) is 5.75 Å². The van der Waals surface area contributed by atoms with E-state index in [2.05, 4.69) is 25.2 Å². The van der Waals surface area contributed by atoms with Crippen LogP contribution in [0.25, 0.3) is 0 Å². The molecule has 4 heteroatoms. The highest BCUT2D eigenvalue weighted by Crippen LogP contribution is 2.28. The highest BCUT2D eigenvalue weighted by atomic mass is 16.5. The van der Waals surface area contributed by atoms with Gasteiger partial charge in [0.05, 0.1) is 0 Å². The first-order valence-corrected chi connectivity index (χ1v) is 9.21. The largest absolute Gasteiger partial charge is 0.480 e. The summed E-state index contributed by atoms with van der Waals surface area (Å²) < 4.78 is 6.05. The fourth-order valence-electron chi connectivity index (χ4n) is 3.32. The van der Waals surface area contributed by atoms with Gasteiger partial charge in [0.25, 0.3) is 5.91 Å². The van der Waals surface area contributed by atoms with Crippen LogP contribution in [0.1, 0.15) is 64.4 Å². The maximum Gasteiger partial charge on any atom is 0.261 e. The lowest BCUT2D eigenvalue weighted by molar-refractivity contribution is -0.129. The van der Waals surface area contributed by atoms with Crippen molar-refractivity contribution >= 4 is 5.91 Å². The molecule has 1 amide bonds. The van der Waals surface area contributed by atoms with E-state index in [9.17, 15) is 9.90 Å². The summed E-state index contributed by atoms with van der Waals surface area (Å²) in [5, 5.41) is 12.4. The molecule has 2 N–H and O–H groups in total.